The topological polar surface area (TPSA) is 67.2 Å². The summed E-state index contributed by atoms with van der Waals surface area (Å²) in [4.78, 5) is 10.5. The summed E-state index contributed by atoms with van der Waals surface area (Å²) in [5, 5.41) is 16.3. The maximum Gasteiger partial charge on any atom is 0.303 e. The Morgan fingerprint density at radius 3 is 2.90 bits per heavy atom. The molecule has 20 heavy (non-hydrogen) atoms. The van der Waals surface area contributed by atoms with Crippen LogP contribution in [0.15, 0.2) is 42.7 Å². The molecule has 0 aliphatic rings. The molecule has 106 valence electrons. The molecule has 0 amide bonds. The van der Waals surface area contributed by atoms with Crippen molar-refractivity contribution >= 4 is 5.97 Å². The van der Waals surface area contributed by atoms with Crippen LogP contribution >= 0.6 is 0 Å². The number of hydrogen-bond donors (Lipinski definition) is 2. The first-order valence-electron chi connectivity index (χ1n) is 6.70. The minimum absolute atomic E-state index is 0.164. The molecular weight excluding hydrogens is 254 g/mol. The molecule has 1 unspecified atom stereocenters. The predicted octanol–water partition coefficient (Wildman–Crippen LogP) is 2.22. The Labute approximate surface area is 118 Å². The summed E-state index contributed by atoms with van der Waals surface area (Å²) in [6, 6.07) is 10.1. The lowest BCUT2D eigenvalue weighted by atomic mass is 10.1. The second-order valence-electron chi connectivity index (χ2n) is 4.79. The monoisotopic (exact) mass is 273 g/mol. The molecule has 0 saturated heterocycles. The van der Waals surface area contributed by atoms with Gasteiger partial charge in [-0.3, -0.25) is 4.79 Å². The van der Waals surface area contributed by atoms with Crippen molar-refractivity contribution in [2.45, 2.75) is 32.4 Å². The first kappa shape index (κ1) is 14.3. The molecule has 0 bridgehead atoms. The molecule has 1 aromatic heterocycles. The van der Waals surface area contributed by atoms with Gasteiger partial charge in [0.2, 0.25) is 0 Å². The van der Waals surface area contributed by atoms with Gasteiger partial charge >= 0.3 is 5.97 Å². The van der Waals surface area contributed by atoms with Gasteiger partial charge in [0.1, 0.15) is 0 Å². The minimum atomic E-state index is -0.754. The van der Waals surface area contributed by atoms with Gasteiger partial charge in [-0.05, 0) is 31.0 Å². The number of carboxylic acids is 1. The zero-order chi connectivity index (χ0) is 14.4. The Kier molecular flexibility index (Phi) is 4.90. The fourth-order valence-corrected chi connectivity index (χ4v) is 2.02. The third-order valence-corrected chi connectivity index (χ3v) is 3.18. The van der Waals surface area contributed by atoms with Gasteiger partial charge in [0, 0.05) is 31.4 Å². The van der Waals surface area contributed by atoms with Gasteiger partial charge in [0.05, 0.1) is 5.69 Å². The Morgan fingerprint density at radius 2 is 2.20 bits per heavy atom. The molecule has 2 N–H and O–H groups in total. The number of carboxylic acid groups (broad SMARTS) is 1. The fraction of sp³-hybridized carbons (Fsp3) is 0.333. The average molecular weight is 273 g/mol. The molecule has 2 aromatic rings. The van der Waals surface area contributed by atoms with Crippen molar-refractivity contribution in [1.29, 1.82) is 0 Å². The van der Waals surface area contributed by atoms with E-state index in [4.69, 9.17) is 5.11 Å². The van der Waals surface area contributed by atoms with Crippen LogP contribution in [-0.4, -0.2) is 26.9 Å². The molecule has 0 aliphatic carbocycles. The summed E-state index contributed by atoms with van der Waals surface area (Å²) in [6.45, 7) is 2.69. The van der Waals surface area contributed by atoms with E-state index in [0.29, 0.717) is 13.0 Å². The van der Waals surface area contributed by atoms with E-state index in [1.807, 2.05) is 48.1 Å². The molecule has 0 fully saturated rings. The Bertz CT molecular complexity index is 552. The Hall–Kier alpha value is -2.14. The zero-order valence-corrected chi connectivity index (χ0v) is 11.5. The molecule has 0 spiro atoms. The summed E-state index contributed by atoms with van der Waals surface area (Å²) in [7, 11) is 0. The van der Waals surface area contributed by atoms with Gasteiger partial charge in [-0.2, -0.15) is 5.10 Å². The summed E-state index contributed by atoms with van der Waals surface area (Å²) in [5.74, 6) is -0.754. The largest absolute Gasteiger partial charge is 0.481 e. The van der Waals surface area contributed by atoms with E-state index in [1.165, 1.54) is 0 Å². The number of hydrogen-bond acceptors (Lipinski definition) is 3. The quantitative estimate of drug-likeness (QED) is 0.811. The highest BCUT2D eigenvalue weighted by Gasteiger charge is 2.08. The molecule has 0 saturated carbocycles. The van der Waals surface area contributed by atoms with Gasteiger partial charge in [0.25, 0.3) is 0 Å². The van der Waals surface area contributed by atoms with Crippen LogP contribution in [0.4, 0.5) is 0 Å². The molecule has 0 radical (unpaired) electrons. The number of nitrogens with one attached hydrogen (secondary N) is 1. The summed E-state index contributed by atoms with van der Waals surface area (Å²) < 4.78 is 1.83. The zero-order valence-electron chi connectivity index (χ0n) is 11.5. The number of benzene rings is 1. The Morgan fingerprint density at radius 1 is 1.40 bits per heavy atom. The molecule has 0 aliphatic heterocycles. The van der Waals surface area contributed by atoms with Crippen LogP contribution in [0.5, 0.6) is 0 Å². The molecule has 1 heterocycles. The predicted molar refractivity (Wildman–Crippen MR) is 76.7 cm³/mol. The van der Waals surface area contributed by atoms with Crippen LogP contribution in [0.2, 0.25) is 0 Å². The second-order valence-corrected chi connectivity index (χ2v) is 4.79. The number of carbonyl (C=O) groups is 1. The smallest absolute Gasteiger partial charge is 0.303 e. The van der Waals surface area contributed by atoms with Gasteiger partial charge in [-0.1, -0.05) is 18.2 Å². The number of aromatic nitrogens is 2. The van der Waals surface area contributed by atoms with Crippen LogP contribution in [0, 0.1) is 0 Å². The second kappa shape index (κ2) is 6.86. The highest BCUT2D eigenvalue weighted by molar-refractivity contribution is 5.66. The minimum Gasteiger partial charge on any atom is -0.481 e. The molecule has 5 heteroatoms. The molecule has 2 rings (SSSR count). The van der Waals surface area contributed by atoms with Crippen molar-refractivity contribution in [1.82, 2.24) is 15.1 Å². The summed E-state index contributed by atoms with van der Waals surface area (Å²) in [6.07, 6.45) is 4.47. The Balaban J connectivity index is 1.98. The van der Waals surface area contributed by atoms with Gasteiger partial charge in [-0.15, -0.1) is 0 Å². The summed E-state index contributed by atoms with van der Waals surface area (Å²) >= 11 is 0. The van der Waals surface area contributed by atoms with Gasteiger partial charge < -0.3 is 10.4 Å². The van der Waals surface area contributed by atoms with Crippen molar-refractivity contribution in [2.75, 3.05) is 0 Å². The van der Waals surface area contributed by atoms with Gasteiger partial charge in [-0.25, -0.2) is 4.68 Å². The highest BCUT2D eigenvalue weighted by Crippen LogP contribution is 2.13. The average Bonchev–Trinajstić information content (AvgIpc) is 2.97. The first-order valence-corrected chi connectivity index (χ1v) is 6.70. The van der Waals surface area contributed by atoms with Crippen LogP contribution in [0.1, 0.15) is 25.3 Å². The maximum absolute atomic E-state index is 10.5. The third-order valence-electron chi connectivity index (χ3n) is 3.18. The fourth-order valence-electron chi connectivity index (χ4n) is 2.02. The van der Waals surface area contributed by atoms with E-state index in [2.05, 4.69) is 10.4 Å². The third kappa shape index (κ3) is 3.93. The van der Waals surface area contributed by atoms with Gasteiger partial charge in [0.15, 0.2) is 0 Å². The van der Waals surface area contributed by atoms with E-state index >= 15 is 0 Å². The van der Waals surface area contributed by atoms with Crippen molar-refractivity contribution in [3.63, 3.8) is 0 Å². The number of nitrogens with zero attached hydrogens (tertiary/aromatic N) is 2. The van der Waals surface area contributed by atoms with Crippen molar-refractivity contribution in [2.24, 2.45) is 0 Å². The maximum atomic E-state index is 10.5. The number of aliphatic carboxylic acids is 1. The van der Waals surface area contributed by atoms with E-state index in [9.17, 15) is 4.79 Å². The molecular formula is C15H19N3O2. The summed E-state index contributed by atoms with van der Waals surface area (Å²) in [5.41, 5.74) is 2.17. The number of para-hydroxylation sites is 1. The molecule has 1 atom stereocenters. The van der Waals surface area contributed by atoms with E-state index in [-0.39, 0.29) is 12.5 Å². The SMILES string of the molecule is CC(CCC(=O)O)NCc1ccccc1-n1cccn1. The lowest BCUT2D eigenvalue weighted by Gasteiger charge is -2.15. The van der Waals surface area contributed by atoms with Crippen LogP contribution in [0.25, 0.3) is 5.69 Å². The van der Waals surface area contributed by atoms with Crippen molar-refractivity contribution < 1.29 is 9.90 Å². The van der Waals surface area contributed by atoms with Crippen molar-refractivity contribution in [3.8, 4) is 5.69 Å². The lowest BCUT2D eigenvalue weighted by Crippen LogP contribution is -2.26. The van der Waals surface area contributed by atoms with Crippen LogP contribution in [0.3, 0.4) is 0 Å². The normalized spacial score (nSPS) is 12.2. The van der Waals surface area contributed by atoms with Crippen LogP contribution in [-0.2, 0) is 11.3 Å². The van der Waals surface area contributed by atoms with Crippen molar-refractivity contribution in [3.05, 3.63) is 48.3 Å². The standard InChI is InChI=1S/C15H19N3O2/c1-12(7-8-15(19)20)16-11-13-5-2-3-6-14(13)18-10-4-9-17-18/h2-6,9-10,12,16H,7-8,11H2,1H3,(H,19,20). The number of rotatable bonds is 7. The van der Waals surface area contributed by atoms with E-state index < -0.39 is 5.97 Å². The van der Waals surface area contributed by atoms with E-state index in [0.717, 1.165) is 11.3 Å². The lowest BCUT2D eigenvalue weighted by molar-refractivity contribution is -0.137. The molecule has 5 nitrogen and oxygen atoms in total. The van der Waals surface area contributed by atoms with E-state index in [1.54, 1.807) is 6.20 Å². The first-order chi connectivity index (χ1) is 9.66. The van der Waals surface area contributed by atoms with Crippen LogP contribution < -0.4 is 5.32 Å². The molecule has 1 aromatic carbocycles. The highest BCUT2D eigenvalue weighted by atomic mass is 16.4.